The number of hydrogen-bond acceptors (Lipinski definition) is 7. The van der Waals surface area contributed by atoms with Crippen molar-refractivity contribution in [3.63, 3.8) is 0 Å². The van der Waals surface area contributed by atoms with Gasteiger partial charge in [0, 0.05) is 12.7 Å². The maximum absolute atomic E-state index is 12.9. The van der Waals surface area contributed by atoms with E-state index >= 15 is 0 Å². The number of sulfonamides is 1. The van der Waals surface area contributed by atoms with Gasteiger partial charge in [-0.15, -0.1) is 0 Å². The van der Waals surface area contributed by atoms with Crippen LogP contribution in [0.25, 0.3) is 0 Å². The molecule has 2 aromatic carbocycles. The molecule has 30 heavy (non-hydrogen) atoms. The fourth-order valence-electron chi connectivity index (χ4n) is 3.66. The van der Waals surface area contributed by atoms with Gasteiger partial charge in [-0.25, -0.2) is 13.1 Å². The topological polar surface area (TPSA) is 103 Å². The second-order valence-corrected chi connectivity index (χ2v) is 9.12. The summed E-state index contributed by atoms with van der Waals surface area (Å²) in [5.74, 6) is 0. The number of methoxy groups -OCH3 is 1. The molecule has 162 valence electrons. The summed E-state index contributed by atoms with van der Waals surface area (Å²) in [5.41, 5.74) is 1.74. The fraction of sp³-hybridized carbons (Fsp3) is 0.429. The van der Waals surface area contributed by atoms with Crippen molar-refractivity contribution in [1.82, 2.24) is 4.72 Å². The van der Waals surface area contributed by atoms with E-state index in [1.807, 2.05) is 37.3 Å². The van der Waals surface area contributed by atoms with Crippen molar-refractivity contribution in [2.75, 3.05) is 13.7 Å². The smallest absolute Gasteiger partial charge is 0.241 e. The van der Waals surface area contributed by atoms with Crippen molar-refractivity contribution in [3.05, 3.63) is 65.7 Å². The average molecular weight is 435 g/mol. The molecule has 0 spiro atoms. The Morgan fingerprint density at radius 3 is 2.43 bits per heavy atom. The van der Waals surface area contributed by atoms with Crippen LogP contribution in [0.5, 0.6) is 0 Å². The van der Waals surface area contributed by atoms with Crippen molar-refractivity contribution in [3.8, 4) is 0 Å². The normalized spacial score (nSPS) is 31.8. The highest BCUT2D eigenvalue weighted by Gasteiger charge is 2.50. The number of aliphatic hydroxyl groups is 1. The molecule has 2 saturated heterocycles. The molecule has 9 heteroatoms. The van der Waals surface area contributed by atoms with Crippen molar-refractivity contribution < 1.29 is 32.5 Å². The molecule has 0 aromatic heterocycles. The summed E-state index contributed by atoms with van der Waals surface area (Å²) >= 11 is 0. The van der Waals surface area contributed by atoms with Crippen molar-refractivity contribution >= 4 is 10.0 Å². The van der Waals surface area contributed by atoms with Crippen LogP contribution in [0.15, 0.2) is 59.5 Å². The molecule has 0 saturated carbocycles. The summed E-state index contributed by atoms with van der Waals surface area (Å²) in [5, 5.41) is 11.0. The van der Waals surface area contributed by atoms with Gasteiger partial charge in [-0.1, -0.05) is 48.0 Å². The number of benzene rings is 2. The Labute approximate surface area is 175 Å². The molecule has 2 aliphatic rings. The van der Waals surface area contributed by atoms with E-state index in [9.17, 15) is 13.5 Å². The van der Waals surface area contributed by atoms with E-state index in [2.05, 4.69) is 4.72 Å². The predicted octanol–water partition coefficient (Wildman–Crippen LogP) is 1.49. The molecule has 4 rings (SSSR count). The summed E-state index contributed by atoms with van der Waals surface area (Å²) < 4.78 is 51.1. The van der Waals surface area contributed by atoms with Crippen molar-refractivity contribution in [1.29, 1.82) is 0 Å². The van der Waals surface area contributed by atoms with Crippen LogP contribution in [0.4, 0.5) is 0 Å². The van der Waals surface area contributed by atoms with Crippen LogP contribution in [0.2, 0.25) is 0 Å². The SMILES string of the molecule is CO[C@@H]1OC2COC(c3ccccc3)O[C@@H]2[C@H](O)C1NS(=O)(=O)c1ccc(C)cc1. The lowest BCUT2D eigenvalue weighted by Gasteiger charge is -2.47. The summed E-state index contributed by atoms with van der Waals surface area (Å²) in [6.45, 7) is 2.05. The van der Waals surface area contributed by atoms with Gasteiger partial charge in [0.1, 0.15) is 24.4 Å². The maximum Gasteiger partial charge on any atom is 0.241 e. The van der Waals surface area contributed by atoms with E-state index in [-0.39, 0.29) is 11.5 Å². The second-order valence-electron chi connectivity index (χ2n) is 7.41. The Kier molecular flexibility index (Phi) is 6.21. The molecule has 0 aliphatic carbocycles. The first-order chi connectivity index (χ1) is 14.4. The average Bonchev–Trinajstić information content (AvgIpc) is 2.76. The van der Waals surface area contributed by atoms with Crippen molar-refractivity contribution in [2.45, 2.75) is 48.8 Å². The first-order valence-electron chi connectivity index (χ1n) is 9.66. The van der Waals surface area contributed by atoms with Gasteiger partial charge in [-0.3, -0.25) is 0 Å². The van der Waals surface area contributed by atoms with Crippen LogP contribution in [-0.4, -0.2) is 57.9 Å². The van der Waals surface area contributed by atoms with E-state index in [0.29, 0.717) is 0 Å². The zero-order valence-electron chi connectivity index (χ0n) is 16.7. The van der Waals surface area contributed by atoms with Gasteiger partial charge in [-0.2, -0.15) is 0 Å². The lowest BCUT2D eigenvalue weighted by molar-refractivity contribution is -0.340. The third-order valence-corrected chi connectivity index (χ3v) is 6.77. The van der Waals surface area contributed by atoms with E-state index in [0.717, 1.165) is 11.1 Å². The van der Waals surface area contributed by atoms with E-state index in [1.54, 1.807) is 12.1 Å². The zero-order valence-corrected chi connectivity index (χ0v) is 17.5. The Bertz CT molecular complexity index is 951. The summed E-state index contributed by atoms with van der Waals surface area (Å²) in [4.78, 5) is 0.0901. The highest BCUT2D eigenvalue weighted by atomic mass is 32.2. The molecule has 2 aromatic rings. The molecule has 2 heterocycles. The van der Waals surface area contributed by atoms with Gasteiger partial charge in [0.2, 0.25) is 10.0 Å². The number of aryl methyl sites for hydroxylation is 1. The number of aliphatic hydroxyl groups excluding tert-OH is 1. The third-order valence-electron chi connectivity index (χ3n) is 5.29. The summed E-state index contributed by atoms with van der Waals surface area (Å²) in [6.07, 6.45) is -4.27. The van der Waals surface area contributed by atoms with Crippen LogP contribution < -0.4 is 4.72 Å². The van der Waals surface area contributed by atoms with Crippen LogP contribution >= 0.6 is 0 Å². The van der Waals surface area contributed by atoms with E-state index in [4.69, 9.17) is 18.9 Å². The standard InChI is InChI=1S/C21H25NO7S/c1-13-8-10-15(11-9-13)30(24,25)22-17-18(23)19-16(28-21(17)26-2)12-27-20(29-19)14-6-4-3-5-7-14/h3-11,16-23H,12H2,1-2H3/t16?,17?,18-,19+,20?,21-/m1/s1. The van der Waals surface area contributed by atoms with Gasteiger partial charge < -0.3 is 24.1 Å². The molecule has 3 unspecified atom stereocenters. The number of rotatable bonds is 5. The molecular formula is C21H25NO7S. The van der Waals surface area contributed by atoms with Crippen LogP contribution in [-0.2, 0) is 29.0 Å². The minimum atomic E-state index is -3.91. The molecule has 2 fully saturated rings. The Morgan fingerprint density at radius 2 is 1.77 bits per heavy atom. The number of ether oxygens (including phenoxy) is 4. The molecule has 2 aliphatic heterocycles. The summed E-state index contributed by atoms with van der Waals surface area (Å²) in [7, 11) is -2.52. The molecule has 0 bridgehead atoms. The first-order valence-corrected chi connectivity index (χ1v) is 11.1. The lowest BCUT2D eigenvalue weighted by Crippen LogP contribution is -2.66. The highest BCUT2D eigenvalue weighted by Crippen LogP contribution is 2.34. The van der Waals surface area contributed by atoms with E-state index < -0.39 is 47.0 Å². The zero-order chi connectivity index (χ0) is 21.3. The van der Waals surface area contributed by atoms with Crippen LogP contribution in [0.1, 0.15) is 17.4 Å². The van der Waals surface area contributed by atoms with Gasteiger partial charge in [0.05, 0.1) is 11.5 Å². The quantitative estimate of drug-likeness (QED) is 0.733. The monoisotopic (exact) mass is 435 g/mol. The lowest BCUT2D eigenvalue weighted by atomic mass is 9.96. The minimum Gasteiger partial charge on any atom is -0.388 e. The largest absolute Gasteiger partial charge is 0.388 e. The summed E-state index contributed by atoms with van der Waals surface area (Å²) in [6, 6.07) is 14.7. The van der Waals surface area contributed by atoms with Crippen LogP contribution in [0.3, 0.4) is 0 Å². The Morgan fingerprint density at radius 1 is 1.07 bits per heavy atom. The van der Waals surface area contributed by atoms with E-state index in [1.165, 1.54) is 19.2 Å². The Balaban J connectivity index is 1.55. The molecule has 0 amide bonds. The molecule has 6 atom stereocenters. The van der Waals surface area contributed by atoms with Gasteiger partial charge in [-0.05, 0) is 19.1 Å². The maximum atomic E-state index is 12.9. The third kappa shape index (κ3) is 4.28. The fourth-order valence-corrected chi connectivity index (χ4v) is 4.90. The second kappa shape index (κ2) is 8.72. The molecule has 2 N–H and O–H groups in total. The van der Waals surface area contributed by atoms with Gasteiger partial charge in [0.15, 0.2) is 12.6 Å². The number of fused-ring (bicyclic) bond motifs is 1. The first kappa shape index (κ1) is 21.4. The predicted molar refractivity (Wildman–Crippen MR) is 107 cm³/mol. The number of hydrogen-bond donors (Lipinski definition) is 2. The number of nitrogens with one attached hydrogen (secondary N) is 1. The molecule has 0 radical (unpaired) electrons. The molecule has 8 nitrogen and oxygen atoms in total. The highest BCUT2D eigenvalue weighted by molar-refractivity contribution is 7.89. The van der Waals surface area contributed by atoms with Crippen LogP contribution in [0, 0.1) is 6.92 Å². The Hall–Kier alpha value is -1.85. The minimum absolute atomic E-state index is 0.0901. The van der Waals surface area contributed by atoms with Gasteiger partial charge in [0.25, 0.3) is 0 Å². The van der Waals surface area contributed by atoms with Crippen molar-refractivity contribution in [2.24, 2.45) is 0 Å². The molecular weight excluding hydrogens is 410 g/mol. The van der Waals surface area contributed by atoms with Gasteiger partial charge >= 0.3 is 0 Å².